The van der Waals surface area contributed by atoms with Crippen molar-refractivity contribution in [2.75, 3.05) is 12.4 Å². The van der Waals surface area contributed by atoms with Crippen LogP contribution in [0.2, 0.25) is 5.02 Å². The van der Waals surface area contributed by atoms with Gasteiger partial charge in [0.1, 0.15) is 4.21 Å². The Morgan fingerprint density at radius 2 is 1.88 bits per heavy atom. The van der Waals surface area contributed by atoms with E-state index in [1.54, 1.807) is 31.2 Å². The van der Waals surface area contributed by atoms with E-state index >= 15 is 0 Å². The SMILES string of the molecule is CCOC(=O)Cc1c(C(=O)c2ccc(Cl)cc2)sc(SCCC#N)c1-[n+]1ccccc1.[I-]. The van der Waals surface area contributed by atoms with Crippen LogP contribution in [0.3, 0.4) is 0 Å². The quantitative estimate of drug-likeness (QED) is 0.0942. The Bertz CT molecular complexity index is 1110. The normalized spacial score (nSPS) is 10.2. The zero-order valence-electron chi connectivity index (χ0n) is 17.2. The number of benzene rings is 1. The largest absolute Gasteiger partial charge is 1.00 e. The second-order valence-corrected chi connectivity index (χ2v) is 9.22. The van der Waals surface area contributed by atoms with E-state index in [2.05, 4.69) is 6.07 Å². The maximum Gasteiger partial charge on any atom is 0.310 e. The highest BCUT2D eigenvalue weighted by atomic mass is 127. The van der Waals surface area contributed by atoms with Crippen molar-refractivity contribution in [2.45, 2.75) is 24.0 Å². The lowest BCUT2D eigenvalue weighted by molar-refractivity contribution is -0.598. The summed E-state index contributed by atoms with van der Waals surface area (Å²) in [5.41, 5.74) is 1.90. The van der Waals surface area contributed by atoms with Crippen molar-refractivity contribution in [3.8, 4) is 11.8 Å². The van der Waals surface area contributed by atoms with Gasteiger partial charge in [0.05, 0.1) is 29.5 Å². The van der Waals surface area contributed by atoms with E-state index in [0.717, 1.165) is 9.90 Å². The summed E-state index contributed by atoms with van der Waals surface area (Å²) >= 11 is 8.82. The summed E-state index contributed by atoms with van der Waals surface area (Å²) in [6.07, 6.45) is 4.12. The fourth-order valence-electron chi connectivity index (χ4n) is 2.97. The zero-order chi connectivity index (χ0) is 22.2. The number of thiophene rings is 1. The van der Waals surface area contributed by atoms with Gasteiger partial charge >= 0.3 is 5.97 Å². The molecule has 0 amide bonds. The molecular weight excluding hydrogens is 579 g/mol. The predicted octanol–water partition coefficient (Wildman–Crippen LogP) is 2.02. The molecule has 5 nitrogen and oxygen atoms in total. The van der Waals surface area contributed by atoms with Crippen LogP contribution < -0.4 is 28.5 Å². The summed E-state index contributed by atoms with van der Waals surface area (Å²) in [5.74, 6) is 0.0212. The zero-order valence-corrected chi connectivity index (χ0v) is 21.8. The minimum Gasteiger partial charge on any atom is -1.00 e. The Kier molecular flexibility index (Phi) is 10.6. The number of aromatic nitrogens is 1. The van der Waals surface area contributed by atoms with Crippen LogP contribution in [0, 0.1) is 11.3 Å². The summed E-state index contributed by atoms with van der Waals surface area (Å²) in [7, 11) is 0. The molecule has 166 valence electrons. The number of rotatable bonds is 9. The maximum atomic E-state index is 13.4. The number of esters is 1. The molecule has 0 radical (unpaired) electrons. The first-order chi connectivity index (χ1) is 15.0. The molecule has 0 N–H and O–H groups in total. The third-order valence-electron chi connectivity index (χ3n) is 4.31. The van der Waals surface area contributed by atoms with Gasteiger partial charge in [-0.1, -0.05) is 17.7 Å². The third kappa shape index (κ3) is 6.54. The van der Waals surface area contributed by atoms with Gasteiger partial charge in [-0.25, -0.2) is 0 Å². The number of halogens is 2. The first kappa shape index (κ1) is 26.3. The van der Waals surface area contributed by atoms with Crippen molar-refractivity contribution in [3.05, 3.63) is 75.9 Å². The van der Waals surface area contributed by atoms with Gasteiger partial charge in [-0.05, 0) is 31.2 Å². The van der Waals surface area contributed by atoms with E-state index in [4.69, 9.17) is 21.6 Å². The molecule has 2 aromatic heterocycles. The molecule has 0 spiro atoms. The highest BCUT2D eigenvalue weighted by Crippen LogP contribution is 2.38. The van der Waals surface area contributed by atoms with Crippen LogP contribution in [-0.2, 0) is 16.0 Å². The topological polar surface area (TPSA) is 71.0 Å². The molecule has 2 heterocycles. The summed E-state index contributed by atoms with van der Waals surface area (Å²) in [6, 6.07) is 14.5. The van der Waals surface area contributed by atoms with Gasteiger partial charge in [-0.15, -0.1) is 23.1 Å². The molecule has 0 bridgehead atoms. The van der Waals surface area contributed by atoms with Crippen LogP contribution in [0.1, 0.15) is 34.1 Å². The van der Waals surface area contributed by atoms with Gasteiger partial charge in [0, 0.05) is 34.9 Å². The lowest BCUT2D eigenvalue weighted by Crippen LogP contribution is -3.00. The van der Waals surface area contributed by atoms with Crippen LogP contribution in [-0.4, -0.2) is 24.1 Å². The van der Waals surface area contributed by atoms with Crippen molar-refractivity contribution in [1.29, 1.82) is 5.26 Å². The molecule has 32 heavy (non-hydrogen) atoms. The summed E-state index contributed by atoms with van der Waals surface area (Å²) < 4.78 is 7.96. The summed E-state index contributed by atoms with van der Waals surface area (Å²) in [5, 5.41) is 9.48. The number of carbonyl (C=O) groups excluding carboxylic acids is 2. The van der Waals surface area contributed by atoms with E-state index in [-0.39, 0.29) is 42.8 Å². The smallest absolute Gasteiger partial charge is 0.310 e. The molecule has 3 aromatic rings. The number of pyridine rings is 1. The van der Waals surface area contributed by atoms with Crippen LogP contribution in [0.4, 0.5) is 0 Å². The molecule has 0 saturated heterocycles. The van der Waals surface area contributed by atoms with E-state index in [1.165, 1.54) is 23.1 Å². The Labute approximate surface area is 217 Å². The van der Waals surface area contributed by atoms with Gasteiger partial charge in [0.15, 0.2) is 12.4 Å². The second-order valence-electron chi connectivity index (χ2n) is 6.40. The van der Waals surface area contributed by atoms with Crippen LogP contribution in [0.5, 0.6) is 0 Å². The van der Waals surface area contributed by atoms with Crippen LogP contribution in [0.25, 0.3) is 5.69 Å². The van der Waals surface area contributed by atoms with E-state index in [9.17, 15) is 9.59 Å². The fourth-order valence-corrected chi connectivity index (χ4v) is 5.58. The Morgan fingerprint density at radius 1 is 1.19 bits per heavy atom. The number of hydrogen-bond acceptors (Lipinski definition) is 6. The molecule has 3 rings (SSSR count). The molecule has 1 aromatic carbocycles. The highest BCUT2D eigenvalue weighted by Gasteiger charge is 2.31. The Balaban J connectivity index is 0.00000363. The average Bonchev–Trinajstić information content (AvgIpc) is 3.12. The lowest BCUT2D eigenvalue weighted by atomic mass is 10.0. The van der Waals surface area contributed by atoms with Gasteiger partial charge in [-0.3, -0.25) is 9.59 Å². The molecule has 0 saturated carbocycles. The fraction of sp³-hybridized carbons (Fsp3) is 0.217. The van der Waals surface area contributed by atoms with E-state index < -0.39 is 5.97 Å². The molecule has 0 aliphatic carbocycles. The number of ketones is 1. The molecule has 0 aliphatic heterocycles. The van der Waals surface area contributed by atoms with Gasteiger partial charge in [-0.2, -0.15) is 9.83 Å². The maximum absolute atomic E-state index is 13.4. The third-order valence-corrected chi connectivity index (χ3v) is 7.04. The van der Waals surface area contributed by atoms with Crippen molar-refractivity contribution >= 4 is 46.5 Å². The number of hydrogen-bond donors (Lipinski definition) is 0. The summed E-state index contributed by atoms with van der Waals surface area (Å²) in [6.45, 7) is 2.02. The standard InChI is InChI=1S/C23H20ClN2O3S2.HI/c1-2-29-19(27)15-18-20(26-12-4-3-5-13-26)23(30-14-6-11-25)31-22(18)21(28)16-7-9-17(24)10-8-16;/h3-5,7-10,12-13H,2,6,14-15H2,1H3;1H/q+1;/p-1. The first-order valence-electron chi connectivity index (χ1n) is 9.63. The minimum absolute atomic E-state index is 0. The number of carbonyl (C=O) groups is 2. The van der Waals surface area contributed by atoms with Gasteiger partial charge in [0.25, 0.3) is 0 Å². The molecule has 0 unspecified atom stereocenters. The minimum atomic E-state index is -0.392. The van der Waals surface area contributed by atoms with E-state index in [1.807, 2.05) is 35.2 Å². The first-order valence-corrected chi connectivity index (χ1v) is 11.8. The molecule has 9 heteroatoms. The van der Waals surface area contributed by atoms with Crippen LogP contribution >= 0.6 is 34.7 Å². The number of ether oxygens (including phenoxy) is 1. The van der Waals surface area contributed by atoms with Crippen molar-refractivity contribution < 1.29 is 42.9 Å². The molecule has 0 fully saturated rings. The van der Waals surface area contributed by atoms with Crippen LogP contribution in [0.15, 0.2) is 59.1 Å². The highest BCUT2D eigenvalue weighted by molar-refractivity contribution is 8.01. The monoisotopic (exact) mass is 598 g/mol. The predicted molar refractivity (Wildman–Crippen MR) is 122 cm³/mol. The Hall–Kier alpha value is -1.93. The van der Waals surface area contributed by atoms with Gasteiger partial charge < -0.3 is 28.7 Å². The van der Waals surface area contributed by atoms with Crippen molar-refractivity contribution in [2.24, 2.45) is 0 Å². The number of thioether (sulfide) groups is 1. The van der Waals surface area contributed by atoms with E-state index in [0.29, 0.717) is 33.2 Å². The molecule has 0 aliphatic rings. The Morgan fingerprint density at radius 3 is 2.50 bits per heavy atom. The molecule has 0 atom stereocenters. The lowest BCUT2D eigenvalue weighted by Gasteiger charge is -2.05. The number of nitrogens with zero attached hydrogens (tertiary/aromatic N) is 2. The number of nitriles is 1. The van der Waals surface area contributed by atoms with Crippen molar-refractivity contribution in [1.82, 2.24) is 0 Å². The van der Waals surface area contributed by atoms with Crippen molar-refractivity contribution in [3.63, 3.8) is 0 Å². The molecular formula is C23H20ClIN2O3S2. The van der Waals surface area contributed by atoms with Gasteiger partial charge in [0.2, 0.25) is 11.5 Å². The average molecular weight is 599 g/mol. The second kappa shape index (κ2) is 12.9. The summed E-state index contributed by atoms with van der Waals surface area (Å²) in [4.78, 5) is 26.3.